The lowest BCUT2D eigenvalue weighted by atomic mass is 9.86. The number of aliphatic hydroxyl groups is 1. The average Bonchev–Trinajstić information content (AvgIpc) is 2.19. The number of carbonyl (C=O) groups is 1. The Kier molecular flexibility index (Phi) is 5.47. The first-order chi connectivity index (χ1) is 7.16. The van der Waals surface area contributed by atoms with Gasteiger partial charge in [-0.05, 0) is 19.8 Å². The van der Waals surface area contributed by atoms with E-state index in [1.807, 2.05) is 0 Å². The molecule has 1 rings (SSSR count). The van der Waals surface area contributed by atoms with Gasteiger partial charge in [-0.15, -0.1) is 11.8 Å². The monoisotopic (exact) mass is 232 g/mol. The summed E-state index contributed by atoms with van der Waals surface area (Å²) in [5.41, 5.74) is -0.532. The smallest absolute Gasteiger partial charge is 0.315 e. The minimum absolute atomic E-state index is 0.179. The largest absolute Gasteiger partial charge is 0.465 e. The number of rotatable bonds is 5. The van der Waals surface area contributed by atoms with Gasteiger partial charge >= 0.3 is 5.97 Å². The first kappa shape index (κ1) is 12.8. The molecule has 0 saturated heterocycles. The fraction of sp³-hybridized carbons (Fsp3) is 0.909. The molecular formula is C11H20O3S. The second-order valence-electron chi connectivity index (χ2n) is 4.08. The molecule has 88 valence electrons. The predicted octanol–water partition coefficient (Wildman–Crippen LogP) is 1.98. The highest BCUT2D eigenvalue weighted by atomic mass is 32.2. The SMILES string of the molecule is CCOC(=O)CSCC1(O)CCCCC1. The molecule has 0 aromatic carbocycles. The van der Waals surface area contributed by atoms with E-state index >= 15 is 0 Å². The normalized spacial score (nSPS) is 19.9. The van der Waals surface area contributed by atoms with Crippen molar-refractivity contribution in [1.82, 2.24) is 0 Å². The van der Waals surface area contributed by atoms with E-state index in [0.717, 1.165) is 25.7 Å². The molecule has 1 N–H and O–H groups in total. The lowest BCUT2D eigenvalue weighted by Gasteiger charge is -2.31. The Balaban J connectivity index is 2.15. The van der Waals surface area contributed by atoms with Crippen molar-refractivity contribution >= 4 is 17.7 Å². The van der Waals surface area contributed by atoms with Crippen LogP contribution < -0.4 is 0 Å². The predicted molar refractivity (Wildman–Crippen MR) is 62.0 cm³/mol. The van der Waals surface area contributed by atoms with Crippen molar-refractivity contribution in [1.29, 1.82) is 0 Å². The van der Waals surface area contributed by atoms with E-state index in [-0.39, 0.29) is 5.97 Å². The number of thioether (sulfide) groups is 1. The molecule has 0 aliphatic heterocycles. The van der Waals surface area contributed by atoms with Gasteiger partial charge in [-0.3, -0.25) is 4.79 Å². The Hall–Kier alpha value is -0.220. The van der Waals surface area contributed by atoms with E-state index in [9.17, 15) is 9.90 Å². The van der Waals surface area contributed by atoms with Crippen LogP contribution in [0.15, 0.2) is 0 Å². The van der Waals surface area contributed by atoms with Gasteiger partial charge in [0.15, 0.2) is 0 Å². The lowest BCUT2D eigenvalue weighted by molar-refractivity contribution is -0.139. The van der Waals surface area contributed by atoms with E-state index in [2.05, 4.69) is 0 Å². The maximum absolute atomic E-state index is 11.1. The zero-order valence-corrected chi connectivity index (χ0v) is 10.1. The molecule has 4 heteroatoms. The topological polar surface area (TPSA) is 46.5 Å². The second kappa shape index (κ2) is 6.38. The molecule has 0 aromatic rings. The van der Waals surface area contributed by atoms with Crippen molar-refractivity contribution in [3.63, 3.8) is 0 Å². The van der Waals surface area contributed by atoms with E-state index in [1.165, 1.54) is 18.2 Å². The van der Waals surface area contributed by atoms with Crippen LogP contribution in [-0.2, 0) is 9.53 Å². The summed E-state index contributed by atoms with van der Waals surface area (Å²) in [6.45, 7) is 2.24. The summed E-state index contributed by atoms with van der Waals surface area (Å²) >= 11 is 1.48. The van der Waals surface area contributed by atoms with Crippen LogP contribution in [0, 0.1) is 0 Å². The molecule has 0 bridgehead atoms. The van der Waals surface area contributed by atoms with Crippen molar-refractivity contribution in [3.8, 4) is 0 Å². The zero-order chi connectivity index (χ0) is 11.1. The molecule has 0 atom stereocenters. The van der Waals surface area contributed by atoms with Crippen LogP contribution >= 0.6 is 11.8 Å². The number of hydrogen-bond acceptors (Lipinski definition) is 4. The molecular weight excluding hydrogens is 212 g/mol. The number of hydrogen-bond donors (Lipinski definition) is 1. The molecule has 0 amide bonds. The van der Waals surface area contributed by atoms with E-state index in [4.69, 9.17) is 4.74 Å². The second-order valence-corrected chi connectivity index (χ2v) is 5.07. The van der Waals surface area contributed by atoms with Gasteiger partial charge in [-0.1, -0.05) is 19.3 Å². The van der Waals surface area contributed by atoms with Gasteiger partial charge in [0.2, 0.25) is 0 Å². The third-order valence-electron chi connectivity index (χ3n) is 2.68. The highest BCUT2D eigenvalue weighted by Crippen LogP contribution is 2.30. The Morgan fingerprint density at radius 3 is 2.67 bits per heavy atom. The van der Waals surface area contributed by atoms with Crippen LogP contribution in [0.4, 0.5) is 0 Å². The Labute approximate surface area is 95.6 Å². The Bertz CT molecular complexity index is 200. The number of carbonyl (C=O) groups excluding carboxylic acids is 1. The third kappa shape index (κ3) is 4.89. The molecule has 3 nitrogen and oxygen atoms in total. The molecule has 0 aromatic heterocycles. The van der Waals surface area contributed by atoms with Crippen LogP contribution in [0.3, 0.4) is 0 Å². The Morgan fingerprint density at radius 2 is 2.07 bits per heavy atom. The zero-order valence-electron chi connectivity index (χ0n) is 9.33. The molecule has 0 radical (unpaired) electrons. The van der Waals surface area contributed by atoms with Gasteiger partial charge in [0, 0.05) is 5.75 Å². The fourth-order valence-corrected chi connectivity index (χ4v) is 2.90. The average molecular weight is 232 g/mol. The minimum Gasteiger partial charge on any atom is -0.465 e. The summed E-state index contributed by atoms with van der Waals surface area (Å²) in [7, 11) is 0. The first-order valence-corrected chi connectivity index (χ1v) is 6.77. The van der Waals surface area contributed by atoms with Gasteiger partial charge in [-0.2, -0.15) is 0 Å². The molecule has 1 aliphatic rings. The van der Waals surface area contributed by atoms with Crippen LogP contribution in [0.1, 0.15) is 39.0 Å². The maximum atomic E-state index is 11.1. The van der Waals surface area contributed by atoms with Crippen molar-refractivity contribution in [3.05, 3.63) is 0 Å². The minimum atomic E-state index is -0.532. The van der Waals surface area contributed by atoms with Crippen molar-refractivity contribution in [2.75, 3.05) is 18.1 Å². The summed E-state index contributed by atoms with van der Waals surface area (Å²) < 4.78 is 4.82. The van der Waals surface area contributed by atoms with Gasteiger partial charge in [0.1, 0.15) is 0 Å². The van der Waals surface area contributed by atoms with Gasteiger partial charge in [0.05, 0.1) is 18.0 Å². The number of esters is 1. The van der Waals surface area contributed by atoms with Crippen LogP contribution in [0.2, 0.25) is 0 Å². The van der Waals surface area contributed by atoms with Crippen LogP contribution in [0.5, 0.6) is 0 Å². The van der Waals surface area contributed by atoms with Crippen LogP contribution in [0.25, 0.3) is 0 Å². The summed E-state index contributed by atoms with van der Waals surface area (Å²) in [5.74, 6) is 0.837. The standard InChI is InChI=1S/C11H20O3S/c1-2-14-10(12)8-15-9-11(13)6-4-3-5-7-11/h13H,2-9H2,1H3. The molecule has 15 heavy (non-hydrogen) atoms. The van der Waals surface area contributed by atoms with Crippen molar-refractivity contribution in [2.45, 2.75) is 44.6 Å². The fourth-order valence-electron chi connectivity index (χ4n) is 1.88. The molecule has 0 heterocycles. The lowest BCUT2D eigenvalue weighted by Crippen LogP contribution is -2.34. The quantitative estimate of drug-likeness (QED) is 0.736. The highest BCUT2D eigenvalue weighted by molar-refractivity contribution is 8.00. The first-order valence-electron chi connectivity index (χ1n) is 5.62. The van der Waals surface area contributed by atoms with Gasteiger partial charge in [-0.25, -0.2) is 0 Å². The molecule has 0 unspecified atom stereocenters. The summed E-state index contributed by atoms with van der Waals surface area (Å²) in [6, 6.07) is 0. The van der Waals surface area contributed by atoms with Crippen LogP contribution in [-0.4, -0.2) is 34.8 Å². The molecule has 1 fully saturated rings. The van der Waals surface area contributed by atoms with E-state index in [1.54, 1.807) is 6.92 Å². The third-order valence-corrected chi connectivity index (χ3v) is 3.86. The summed E-state index contributed by atoms with van der Waals surface area (Å²) in [5, 5.41) is 10.1. The molecule has 0 spiro atoms. The maximum Gasteiger partial charge on any atom is 0.315 e. The van der Waals surface area contributed by atoms with E-state index < -0.39 is 5.60 Å². The van der Waals surface area contributed by atoms with Gasteiger partial charge < -0.3 is 9.84 Å². The van der Waals surface area contributed by atoms with Crippen molar-refractivity contribution in [2.24, 2.45) is 0 Å². The van der Waals surface area contributed by atoms with Gasteiger partial charge in [0.25, 0.3) is 0 Å². The molecule has 1 aliphatic carbocycles. The Morgan fingerprint density at radius 1 is 1.40 bits per heavy atom. The highest BCUT2D eigenvalue weighted by Gasteiger charge is 2.29. The molecule has 1 saturated carbocycles. The van der Waals surface area contributed by atoms with E-state index in [0.29, 0.717) is 18.1 Å². The summed E-state index contributed by atoms with van der Waals surface area (Å²) in [6.07, 6.45) is 5.20. The summed E-state index contributed by atoms with van der Waals surface area (Å²) in [4.78, 5) is 11.1. The number of ether oxygens (including phenoxy) is 1. The van der Waals surface area contributed by atoms with Crippen molar-refractivity contribution < 1.29 is 14.6 Å².